The van der Waals surface area contributed by atoms with Crippen LogP contribution in [0.15, 0.2) is 33.2 Å². The van der Waals surface area contributed by atoms with Crippen LogP contribution < -0.4 is 5.56 Å². The number of likely N-dealkylation sites (tertiary alicyclic amines) is 1. The molecular weight excluding hydrogens is 398 g/mol. The summed E-state index contributed by atoms with van der Waals surface area (Å²) in [7, 11) is 0. The summed E-state index contributed by atoms with van der Waals surface area (Å²) >= 11 is 0. The van der Waals surface area contributed by atoms with Gasteiger partial charge in [0.15, 0.2) is 5.69 Å². The summed E-state index contributed by atoms with van der Waals surface area (Å²) in [5.74, 6) is -1.20. The summed E-state index contributed by atoms with van der Waals surface area (Å²) in [6.45, 7) is 6.49. The molecule has 0 radical (unpaired) electrons. The third kappa shape index (κ3) is 4.14. The van der Waals surface area contributed by atoms with Crippen molar-refractivity contribution < 1.29 is 15.0 Å². The van der Waals surface area contributed by atoms with Crippen LogP contribution in [-0.4, -0.2) is 50.5 Å². The highest BCUT2D eigenvalue weighted by Crippen LogP contribution is 2.43. The Morgan fingerprint density at radius 2 is 2.03 bits per heavy atom. The number of rotatable bonds is 6. The van der Waals surface area contributed by atoms with Crippen molar-refractivity contribution in [2.24, 2.45) is 16.1 Å². The van der Waals surface area contributed by atoms with Gasteiger partial charge >= 0.3 is 5.97 Å². The molecule has 31 heavy (non-hydrogen) atoms. The predicted octanol–water partition coefficient (Wildman–Crippen LogP) is 3.84. The highest BCUT2D eigenvalue weighted by molar-refractivity contribution is 5.70. The molecule has 2 fully saturated rings. The molecule has 0 amide bonds. The number of likely N-dealkylation sites (N-methyl/N-ethyl adjacent to an activating group) is 1. The molecule has 1 aromatic carbocycles. The molecule has 1 saturated heterocycles. The van der Waals surface area contributed by atoms with Gasteiger partial charge in [-0.25, -0.2) is 4.68 Å². The number of nitrogens with zero attached hydrogens (tertiary/aromatic N) is 4. The van der Waals surface area contributed by atoms with Crippen LogP contribution in [-0.2, 0) is 4.79 Å². The zero-order valence-electron chi connectivity index (χ0n) is 17.9. The van der Waals surface area contributed by atoms with Crippen LogP contribution >= 0.6 is 0 Å². The van der Waals surface area contributed by atoms with Crippen molar-refractivity contribution in [3.05, 3.63) is 39.8 Å². The molecule has 3 N–H and O–H groups in total. The summed E-state index contributed by atoms with van der Waals surface area (Å²) in [5, 5.41) is 31.6. The Bertz CT molecular complexity index is 1050. The fraction of sp³-hybridized carbons (Fsp3) is 0.545. The van der Waals surface area contributed by atoms with Gasteiger partial charge in [0.1, 0.15) is 11.4 Å². The fourth-order valence-corrected chi connectivity index (χ4v) is 4.66. The Balaban J connectivity index is 1.55. The van der Waals surface area contributed by atoms with Gasteiger partial charge in [-0.1, -0.05) is 25.5 Å². The number of carboxylic acids is 1. The average Bonchev–Trinajstić information content (AvgIpc) is 3.00. The molecule has 0 spiro atoms. The second-order valence-corrected chi connectivity index (χ2v) is 8.58. The average molecular weight is 428 g/mol. The molecule has 9 nitrogen and oxygen atoms in total. The minimum atomic E-state index is -0.784. The summed E-state index contributed by atoms with van der Waals surface area (Å²) < 4.78 is 1.61. The minimum Gasteiger partial charge on any atom is -0.505 e. The molecule has 9 heteroatoms. The summed E-state index contributed by atoms with van der Waals surface area (Å²) in [4.78, 5) is 26.4. The molecule has 2 heterocycles. The number of H-pyrrole nitrogens is 1. The van der Waals surface area contributed by atoms with Gasteiger partial charge in [-0.15, -0.1) is 10.2 Å². The van der Waals surface area contributed by atoms with Crippen molar-refractivity contribution in [1.82, 2.24) is 14.7 Å². The SMILES string of the molecule is CCN1CC(n2[nH]c(C)c(N=Nc3cccc(C4CCCC(C(=O)O)C4)c3O)c2=O)C1. The number of hydrogen-bond donors (Lipinski definition) is 3. The summed E-state index contributed by atoms with van der Waals surface area (Å²) in [6, 6.07) is 5.35. The Labute approximate surface area is 180 Å². The lowest BCUT2D eigenvalue weighted by Crippen LogP contribution is -2.49. The van der Waals surface area contributed by atoms with E-state index in [0.29, 0.717) is 24.1 Å². The second kappa shape index (κ2) is 8.66. The number of aromatic nitrogens is 2. The van der Waals surface area contributed by atoms with Crippen molar-refractivity contribution >= 4 is 17.3 Å². The van der Waals surface area contributed by atoms with Gasteiger partial charge in [0.2, 0.25) is 0 Å². The molecule has 1 aromatic heterocycles. The number of aryl methyl sites for hydroxylation is 1. The number of azo groups is 1. The summed E-state index contributed by atoms with van der Waals surface area (Å²) in [6.07, 6.45) is 2.81. The lowest BCUT2D eigenvalue weighted by molar-refractivity contribution is -0.143. The molecule has 0 bridgehead atoms. The van der Waals surface area contributed by atoms with Crippen LogP contribution in [0, 0.1) is 12.8 Å². The maximum absolute atomic E-state index is 12.8. The van der Waals surface area contributed by atoms with E-state index in [0.717, 1.165) is 32.5 Å². The quantitative estimate of drug-likeness (QED) is 0.604. The van der Waals surface area contributed by atoms with Crippen LogP contribution in [0.4, 0.5) is 11.4 Å². The smallest absolute Gasteiger partial charge is 0.306 e. The van der Waals surface area contributed by atoms with Crippen molar-refractivity contribution in [2.75, 3.05) is 19.6 Å². The van der Waals surface area contributed by atoms with Gasteiger partial charge in [0.25, 0.3) is 5.56 Å². The third-order valence-corrected chi connectivity index (χ3v) is 6.58. The lowest BCUT2D eigenvalue weighted by Gasteiger charge is -2.38. The number of phenols is 1. The van der Waals surface area contributed by atoms with Crippen molar-refractivity contribution in [3.63, 3.8) is 0 Å². The first kappa shape index (κ1) is 21.3. The molecule has 2 aliphatic rings. The standard InChI is InChI=1S/C22H29N5O4/c1-3-26-11-16(12-26)27-21(29)19(13(2)25-27)24-23-18-9-5-8-17(20(18)28)14-6-4-7-15(10-14)22(30)31/h5,8-9,14-16,25,28H,3-4,6-7,10-12H2,1-2H3,(H,30,31). The molecule has 1 saturated carbocycles. The normalized spacial score (nSPS) is 22.6. The van der Waals surface area contributed by atoms with Gasteiger partial charge < -0.3 is 10.2 Å². The Kier molecular flexibility index (Phi) is 5.95. The minimum absolute atomic E-state index is 0.00776. The Hall–Kier alpha value is -2.94. The highest BCUT2D eigenvalue weighted by Gasteiger charge is 2.31. The van der Waals surface area contributed by atoms with E-state index >= 15 is 0 Å². The molecule has 2 atom stereocenters. The molecule has 1 aliphatic heterocycles. The van der Waals surface area contributed by atoms with Crippen molar-refractivity contribution in [3.8, 4) is 5.75 Å². The maximum Gasteiger partial charge on any atom is 0.306 e. The van der Waals surface area contributed by atoms with E-state index in [2.05, 4.69) is 27.2 Å². The number of nitrogens with one attached hydrogen (secondary N) is 1. The topological polar surface area (TPSA) is 123 Å². The van der Waals surface area contributed by atoms with E-state index in [1.807, 2.05) is 6.07 Å². The number of hydrogen-bond acceptors (Lipinski definition) is 6. The van der Waals surface area contributed by atoms with E-state index in [4.69, 9.17) is 0 Å². The first-order valence-corrected chi connectivity index (χ1v) is 10.9. The first-order chi connectivity index (χ1) is 14.9. The molecule has 1 aliphatic carbocycles. The number of carbonyl (C=O) groups is 1. The van der Waals surface area contributed by atoms with Gasteiger partial charge in [0.05, 0.1) is 17.7 Å². The molecule has 2 unspecified atom stereocenters. The third-order valence-electron chi connectivity index (χ3n) is 6.58. The molecule has 4 rings (SSSR count). The van der Waals surface area contributed by atoms with Crippen LogP contribution in [0.2, 0.25) is 0 Å². The van der Waals surface area contributed by atoms with E-state index in [1.165, 1.54) is 0 Å². The molecular formula is C22H29N5O4. The number of benzene rings is 1. The highest BCUT2D eigenvalue weighted by atomic mass is 16.4. The molecule has 2 aromatic rings. The van der Waals surface area contributed by atoms with Crippen molar-refractivity contribution in [2.45, 2.75) is 51.5 Å². The van der Waals surface area contributed by atoms with Gasteiger partial charge in [-0.3, -0.25) is 19.6 Å². The van der Waals surface area contributed by atoms with E-state index in [9.17, 15) is 19.8 Å². The van der Waals surface area contributed by atoms with Gasteiger partial charge in [-0.05, 0) is 50.3 Å². The fourth-order valence-electron chi connectivity index (χ4n) is 4.66. The van der Waals surface area contributed by atoms with Crippen LogP contribution in [0.5, 0.6) is 5.75 Å². The number of aromatic hydroxyl groups is 1. The van der Waals surface area contributed by atoms with E-state index < -0.39 is 5.97 Å². The van der Waals surface area contributed by atoms with Crippen LogP contribution in [0.3, 0.4) is 0 Å². The Morgan fingerprint density at radius 3 is 2.74 bits per heavy atom. The first-order valence-electron chi connectivity index (χ1n) is 10.9. The monoisotopic (exact) mass is 427 g/mol. The zero-order valence-corrected chi connectivity index (χ0v) is 17.9. The largest absolute Gasteiger partial charge is 0.505 e. The van der Waals surface area contributed by atoms with Crippen LogP contribution in [0.1, 0.15) is 55.8 Å². The lowest BCUT2D eigenvalue weighted by atomic mass is 9.77. The Morgan fingerprint density at radius 1 is 1.26 bits per heavy atom. The maximum atomic E-state index is 12.8. The van der Waals surface area contributed by atoms with E-state index in [1.54, 1.807) is 23.7 Å². The van der Waals surface area contributed by atoms with Gasteiger partial charge in [0, 0.05) is 13.1 Å². The van der Waals surface area contributed by atoms with Crippen molar-refractivity contribution in [1.29, 1.82) is 0 Å². The van der Waals surface area contributed by atoms with Gasteiger partial charge in [-0.2, -0.15) is 0 Å². The number of aliphatic carboxylic acids is 1. The number of phenolic OH excluding ortho intramolecular Hbond substituents is 1. The van der Waals surface area contributed by atoms with Crippen LogP contribution in [0.25, 0.3) is 0 Å². The number of para-hydroxylation sites is 1. The molecule has 166 valence electrons. The predicted molar refractivity (Wildman–Crippen MR) is 116 cm³/mol. The zero-order chi connectivity index (χ0) is 22.1. The summed E-state index contributed by atoms with van der Waals surface area (Å²) in [5.41, 5.74) is 1.63. The number of aromatic amines is 1. The second-order valence-electron chi connectivity index (χ2n) is 8.58. The van der Waals surface area contributed by atoms with E-state index in [-0.39, 0.29) is 40.6 Å². The number of carboxylic acid groups (broad SMARTS) is 1.